The van der Waals surface area contributed by atoms with Gasteiger partial charge in [-0.3, -0.25) is 14.4 Å². The van der Waals surface area contributed by atoms with Gasteiger partial charge in [-0.1, -0.05) is 48.5 Å². The Balaban J connectivity index is 1.06. The van der Waals surface area contributed by atoms with Crippen LogP contribution in [0.3, 0.4) is 0 Å². The molecule has 0 spiro atoms. The minimum atomic E-state index is -1.30. The van der Waals surface area contributed by atoms with Crippen molar-refractivity contribution in [2.24, 2.45) is 12.0 Å². The summed E-state index contributed by atoms with van der Waals surface area (Å²) in [5.41, 5.74) is 3.60. The number of benzene rings is 2. The van der Waals surface area contributed by atoms with Gasteiger partial charge in [-0.2, -0.15) is 0 Å². The first-order valence-corrected chi connectivity index (χ1v) is 14.9. The fourth-order valence-electron chi connectivity index (χ4n) is 6.08. The number of hydrogen-bond acceptors (Lipinski definition) is 7. The van der Waals surface area contributed by atoms with Crippen LogP contribution in [0.4, 0.5) is 20.8 Å². The summed E-state index contributed by atoms with van der Waals surface area (Å²) in [6, 6.07) is 19.8. The molecule has 6 rings (SSSR count). The maximum atomic E-state index is 14.5. The highest BCUT2D eigenvalue weighted by atomic mass is 19.1. The third kappa shape index (κ3) is 6.48. The summed E-state index contributed by atoms with van der Waals surface area (Å²) in [4.78, 5) is 40.2. The second-order valence-corrected chi connectivity index (χ2v) is 11.4. The van der Waals surface area contributed by atoms with Gasteiger partial charge in [-0.05, 0) is 36.1 Å². The molecule has 3 aliphatic rings. The first-order chi connectivity index (χ1) is 21.0. The van der Waals surface area contributed by atoms with Crippen molar-refractivity contribution in [1.82, 2.24) is 14.5 Å². The van der Waals surface area contributed by atoms with Gasteiger partial charge < -0.3 is 19.4 Å². The molecule has 3 aliphatic heterocycles. The predicted molar refractivity (Wildman–Crippen MR) is 166 cm³/mol. The number of alkyl halides is 1. The molecule has 3 unspecified atom stereocenters. The molecule has 0 aliphatic carbocycles. The Morgan fingerprint density at radius 2 is 1.77 bits per heavy atom. The van der Waals surface area contributed by atoms with Crippen molar-refractivity contribution in [3.63, 3.8) is 0 Å². The summed E-state index contributed by atoms with van der Waals surface area (Å²) < 4.78 is 21.6. The quantitative estimate of drug-likeness (QED) is 0.420. The van der Waals surface area contributed by atoms with E-state index in [1.165, 1.54) is 17.8 Å². The lowest BCUT2D eigenvalue weighted by Gasteiger charge is -2.36. The summed E-state index contributed by atoms with van der Waals surface area (Å²) >= 11 is 0. The number of amides is 1. The van der Waals surface area contributed by atoms with Crippen molar-refractivity contribution in [3.05, 3.63) is 100 Å². The number of carbonyl (C=O) groups is 1. The second kappa shape index (κ2) is 12.8. The monoisotopic (exact) mass is 584 g/mol. The summed E-state index contributed by atoms with van der Waals surface area (Å²) in [6.07, 6.45) is 4.91. The minimum absolute atomic E-state index is 0.195. The summed E-state index contributed by atoms with van der Waals surface area (Å²) in [7, 11) is 1.72. The lowest BCUT2D eigenvalue weighted by atomic mass is 9.90. The van der Waals surface area contributed by atoms with E-state index in [1.807, 2.05) is 30.3 Å². The number of halogens is 1. The number of piperazine rings is 1. The highest BCUT2D eigenvalue weighted by molar-refractivity contribution is 5.68. The number of nitrogens with zero attached hydrogens (tertiary/aromatic N) is 6. The van der Waals surface area contributed by atoms with Gasteiger partial charge in [0.05, 0.1) is 11.6 Å². The number of carbonyl (C=O) groups excluding carboxylic acids is 1. The van der Waals surface area contributed by atoms with E-state index in [9.17, 15) is 14.0 Å². The molecule has 43 heavy (non-hydrogen) atoms. The SMILES string of the molecule is Cn1c(N2CCCC(c3ccc(N4CCN(C(=O)OCc5ccccc5)CC4)cc3)C2)nc(C2C=CN=CC2F)cc1=O. The number of ether oxygens (including phenoxy) is 1. The Kier molecular flexibility index (Phi) is 8.53. The van der Waals surface area contributed by atoms with E-state index >= 15 is 0 Å². The van der Waals surface area contributed by atoms with Gasteiger partial charge in [0.25, 0.3) is 5.56 Å². The molecular weight excluding hydrogens is 547 g/mol. The number of anilines is 2. The Bertz CT molecular complexity index is 1530. The van der Waals surface area contributed by atoms with Crippen LogP contribution in [-0.4, -0.2) is 72.2 Å². The molecule has 0 N–H and O–H groups in total. The number of piperidine rings is 1. The molecule has 4 heterocycles. The minimum Gasteiger partial charge on any atom is -0.445 e. The maximum Gasteiger partial charge on any atom is 0.410 e. The van der Waals surface area contributed by atoms with Gasteiger partial charge in [0, 0.05) is 76.4 Å². The van der Waals surface area contributed by atoms with Crippen LogP contribution in [0.15, 0.2) is 82.7 Å². The average molecular weight is 585 g/mol. The molecule has 0 saturated carbocycles. The van der Waals surface area contributed by atoms with Crippen LogP contribution in [0.1, 0.15) is 41.5 Å². The molecule has 2 fully saturated rings. The van der Waals surface area contributed by atoms with Gasteiger partial charge in [0.2, 0.25) is 5.95 Å². The van der Waals surface area contributed by atoms with E-state index in [-0.39, 0.29) is 24.2 Å². The summed E-state index contributed by atoms with van der Waals surface area (Å²) in [5, 5.41) is 0. The molecule has 1 aromatic heterocycles. The largest absolute Gasteiger partial charge is 0.445 e. The second-order valence-electron chi connectivity index (χ2n) is 11.4. The fourth-order valence-corrected chi connectivity index (χ4v) is 6.08. The first kappa shape index (κ1) is 28.6. The molecule has 3 aromatic rings. The van der Waals surface area contributed by atoms with Gasteiger partial charge in [-0.15, -0.1) is 0 Å². The molecule has 224 valence electrons. The fraction of sp³-hybridized carbons (Fsp3) is 0.394. The average Bonchev–Trinajstić information content (AvgIpc) is 3.06. The van der Waals surface area contributed by atoms with Crippen molar-refractivity contribution < 1.29 is 13.9 Å². The molecule has 2 saturated heterocycles. The van der Waals surface area contributed by atoms with Gasteiger partial charge in [-0.25, -0.2) is 14.2 Å². The van der Waals surface area contributed by atoms with Gasteiger partial charge in [0.15, 0.2) is 0 Å². The molecule has 9 nitrogen and oxygen atoms in total. The molecule has 1 amide bonds. The van der Waals surface area contributed by atoms with Crippen LogP contribution >= 0.6 is 0 Å². The standard InChI is InChI=1S/C33H37FN6O3/c1-37-31(41)20-30(28-13-14-35-21-29(28)34)36-32(37)40-15-5-8-26(22-40)25-9-11-27(12-10-25)38-16-18-39(19-17-38)33(42)43-23-24-6-3-2-4-7-24/h2-4,6-7,9-14,20-21,26,28-29H,5,8,15-19,22-23H2,1H3. The summed E-state index contributed by atoms with van der Waals surface area (Å²) in [6.45, 7) is 4.52. The third-order valence-corrected chi connectivity index (χ3v) is 8.60. The normalized spacial score (nSPS) is 22.1. The molecule has 3 atom stereocenters. The number of aliphatic imine (C=N–C) groups is 1. The van der Waals surface area contributed by atoms with E-state index in [0.29, 0.717) is 24.7 Å². The van der Waals surface area contributed by atoms with Crippen LogP contribution in [0.2, 0.25) is 0 Å². The first-order valence-electron chi connectivity index (χ1n) is 14.9. The van der Waals surface area contributed by atoms with Crippen molar-refractivity contribution in [1.29, 1.82) is 0 Å². The number of rotatable bonds is 6. The Morgan fingerprint density at radius 3 is 2.51 bits per heavy atom. The van der Waals surface area contributed by atoms with Crippen LogP contribution < -0.4 is 15.4 Å². The van der Waals surface area contributed by atoms with Crippen LogP contribution in [0.25, 0.3) is 0 Å². The molecule has 0 bridgehead atoms. The van der Waals surface area contributed by atoms with E-state index in [0.717, 1.165) is 50.3 Å². The van der Waals surface area contributed by atoms with Crippen molar-refractivity contribution in [2.75, 3.05) is 49.1 Å². The van der Waals surface area contributed by atoms with E-state index in [4.69, 9.17) is 9.72 Å². The van der Waals surface area contributed by atoms with Crippen LogP contribution in [-0.2, 0) is 18.4 Å². The van der Waals surface area contributed by atoms with Gasteiger partial charge >= 0.3 is 6.09 Å². The third-order valence-electron chi connectivity index (χ3n) is 8.60. The Labute approximate surface area is 250 Å². The van der Waals surface area contributed by atoms with Crippen molar-refractivity contribution in [3.8, 4) is 0 Å². The van der Waals surface area contributed by atoms with Crippen LogP contribution in [0, 0.1) is 0 Å². The highest BCUT2D eigenvalue weighted by Crippen LogP contribution is 2.31. The topological polar surface area (TPSA) is 83.3 Å². The molecule has 0 radical (unpaired) electrons. The Morgan fingerprint density at radius 1 is 1.00 bits per heavy atom. The van der Waals surface area contributed by atoms with Crippen LogP contribution in [0.5, 0.6) is 0 Å². The zero-order chi connectivity index (χ0) is 29.8. The highest BCUT2D eigenvalue weighted by Gasteiger charge is 2.28. The zero-order valence-electron chi connectivity index (χ0n) is 24.4. The number of allylic oxidation sites excluding steroid dienone is 1. The van der Waals surface area contributed by atoms with Crippen molar-refractivity contribution in [2.45, 2.75) is 37.5 Å². The summed E-state index contributed by atoms with van der Waals surface area (Å²) in [5.74, 6) is 0.252. The molecular formula is C33H37FN6O3. The lowest BCUT2D eigenvalue weighted by Crippen LogP contribution is -2.48. The van der Waals surface area contributed by atoms with Gasteiger partial charge in [0.1, 0.15) is 12.8 Å². The predicted octanol–water partition coefficient (Wildman–Crippen LogP) is 4.64. The zero-order valence-corrected chi connectivity index (χ0v) is 24.4. The van der Waals surface area contributed by atoms with E-state index < -0.39 is 12.1 Å². The number of hydrogen-bond donors (Lipinski definition) is 0. The van der Waals surface area contributed by atoms with E-state index in [2.05, 4.69) is 39.1 Å². The molecule has 2 aromatic carbocycles. The number of aromatic nitrogens is 2. The van der Waals surface area contributed by atoms with E-state index in [1.54, 1.807) is 28.8 Å². The smallest absolute Gasteiger partial charge is 0.410 e. The lowest BCUT2D eigenvalue weighted by molar-refractivity contribution is 0.0942. The Hall–Kier alpha value is -4.47. The molecule has 10 heteroatoms. The van der Waals surface area contributed by atoms with Crippen molar-refractivity contribution >= 4 is 23.9 Å². The maximum absolute atomic E-state index is 14.5.